The monoisotopic (exact) mass is 180 g/mol. The molecule has 0 aliphatic rings. The van der Waals surface area contributed by atoms with E-state index in [1.54, 1.807) is 18.3 Å². The first-order chi connectivity index (χ1) is 6.15. The fraction of sp³-hybridized carbons (Fsp3) is 0.333. The Morgan fingerprint density at radius 1 is 1.69 bits per heavy atom. The summed E-state index contributed by atoms with van der Waals surface area (Å²) in [6.45, 7) is 1.46. The molecule has 1 heterocycles. The molecule has 2 N–H and O–H groups in total. The van der Waals surface area contributed by atoms with E-state index >= 15 is 0 Å². The van der Waals surface area contributed by atoms with Crippen molar-refractivity contribution in [1.29, 1.82) is 0 Å². The number of pyridine rings is 1. The fourth-order valence-corrected chi connectivity index (χ4v) is 0.965. The Morgan fingerprint density at radius 3 is 2.92 bits per heavy atom. The van der Waals surface area contributed by atoms with Gasteiger partial charge in [-0.15, -0.1) is 0 Å². The third-order valence-corrected chi connectivity index (χ3v) is 1.77. The molecule has 0 aliphatic carbocycles. The molecule has 0 amide bonds. The highest BCUT2D eigenvalue weighted by Gasteiger charge is 2.11. The minimum absolute atomic E-state index is 0.0757. The molecule has 13 heavy (non-hydrogen) atoms. The second-order valence-corrected chi connectivity index (χ2v) is 2.72. The van der Waals surface area contributed by atoms with Crippen LogP contribution in [-0.4, -0.2) is 17.9 Å². The molecule has 1 rings (SSSR count). The number of carbonyl (C=O) groups excluding carboxylic acids is 1. The van der Waals surface area contributed by atoms with Gasteiger partial charge in [0.05, 0.1) is 13.2 Å². The average molecular weight is 180 g/mol. The highest BCUT2D eigenvalue weighted by Crippen LogP contribution is 2.15. The van der Waals surface area contributed by atoms with Gasteiger partial charge in [0.2, 0.25) is 5.88 Å². The van der Waals surface area contributed by atoms with Crippen molar-refractivity contribution in [3.05, 3.63) is 23.9 Å². The van der Waals surface area contributed by atoms with Crippen molar-refractivity contribution in [2.45, 2.75) is 13.0 Å². The molecule has 1 aromatic rings. The largest absolute Gasteiger partial charge is 0.481 e. The van der Waals surface area contributed by atoms with Crippen LogP contribution in [0, 0.1) is 0 Å². The van der Waals surface area contributed by atoms with E-state index in [0.717, 1.165) is 5.56 Å². The molecule has 1 atom stereocenters. The van der Waals surface area contributed by atoms with Gasteiger partial charge in [0.15, 0.2) is 5.78 Å². The molecule has 1 aromatic heterocycles. The maximum Gasteiger partial charge on any atom is 0.213 e. The number of nitrogens with zero attached hydrogens (tertiary/aromatic N) is 1. The zero-order valence-electron chi connectivity index (χ0n) is 7.65. The van der Waals surface area contributed by atoms with Crippen molar-refractivity contribution in [2.75, 3.05) is 7.11 Å². The SMILES string of the molecule is COc1cc(C(N)C(C)=O)ccn1. The van der Waals surface area contributed by atoms with E-state index < -0.39 is 6.04 Å². The molecule has 0 bridgehead atoms. The zero-order valence-corrected chi connectivity index (χ0v) is 7.65. The highest BCUT2D eigenvalue weighted by molar-refractivity contribution is 5.82. The lowest BCUT2D eigenvalue weighted by Crippen LogP contribution is -2.18. The van der Waals surface area contributed by atoms with Crippen LogP contribution in [0.3, 0.4) is 0 Å². The van der Waals surface area contributed by atoms with E-state index in [1.165, 1.54) is 14.0 Å². The molecule has 0 aliphatic heterocycles. The molecule has 0 aromatic carbocycles. The van der Waals surface area contributed by atoms with Gasteiger partial charge in [-0.3, -0.25) is 4.79 Å². The van der Waals surface area contributed by atoms with E-state index in [0.29, 0.717) is 5.88 Å². The Hall–Kier alpha value is -1.42. The van der Waals surface area contributed by atoms with Gasteiger partial charge in [0.25, 0.3) is 0 Å². The predicted octanol–water partition coefficient (Wildman–Crippen LogP) is 0.679. The number of ketones is 1. The van der Waals surface area contributed by atoms with Gasteiger partial charge in [0, 0.05) is 12.3 Å². The molecule has 0 saturated heterocycles. The molecule has 0 fully saturated rings. The third-order valence-electron chi connectivity index (χ3n) is 1.77. The Kier molecular flexibility index (Phi) is 2.97. The Morgan fingerprint density at radius 2 is 2.38 bits per heavy atom. The van der Waals surface area contributed by atoms with E-state index in [-0.39, 0.29) is 5.78 Å². The minimum Gasteiger partial charge on any atom is -0.481 e. The van der Waals surface area contributed by atoms with Gasteiger partial charge in [-0.1, -0.05) is 0 Å². The molecule has 4 heteroatoms. The first kappa shape index (κ1) is 9.67. The number of hydrogen-bond acceptors (Lipinski definition) is 4. The van der Waals surface area contributed by atoms with Crippen LogP contribution in [0.5, 0.6) is 5.88 Å². The molecular weight excluding hydrogens is 168 g/mol. The number of methoxy groups -OCH3 is 1. The van der Waals surface area contributed by atoms with Crippen molar-refractivity contribution >= 4 is 5.78 Å². The van der Waals surface area contributed by atoms with Crippen LogP contribution >= 0.6 is 0 Å². The summed E-state index contributed by atoms with van der Waals surface area (Å²) in [5.41, 5.74) is 6.35. The molecule has 4 nitrogen and oxygen atoms in total. The summed E-state index contributed by atoms with van der Waals surface area (Å²) < 4.78 is 4.91. The van der Waals surface area contributed by atoms with Crippen molar-refractivity contribution in [1.82, 2.24) is 4.98 Å². The number of Topliss-reactive ketones (excluding diaryl/α,β-unsaturated/α-hetero) is 1. The number of aromatic nitrogens is 1. The summed E-state index contributed by atoms with van der Waals surface area (Å²) in [6, 6.07) is 2.78. The van der Waals surface area contributed by atoms with Crippen molar-refractivity contribution in [2.24, 2.45) is 5.73 Å². The fourth-order valence-electron chi connectivity index (χ4n) is 0.965. The second-order valence-electron chi connectivity index (χ2n) is 2.72. The van der Waals surface area contributed by atoms with Gasteiger partial charge in [-0.25, -0.2) is 4.98 Å². The molecule has 70 valence electrons. The minimum atomic E-state index is -0.586. The Balaban J connectivity index is 2.94. The average Bonchev–Trinajstić information content (AvgIpc) is 2.16. The molecule has 0 spiro atoms. The summed E-state index contributed by atoms with van der Waals surface area (Å²) in [7, 11) is 1.52. The number of rotatable bonds is 3. The van der Waals surface area contributed by atoms with Gasteiger partial charge in [-0.05, 0) is 18.6 Å². The summed E-state index contributed by atoms with van der Waals surface area (Å²) in [4.78, 5) is 14.9. The molecule has 1 unspecified atom stereocenters. The lowest BCUT2D eigenvalue weighted by molar-refractivity contribution is -0.118. The van der Waals surface area contributed by atoms with Gasteiger partial charge in [0.1, 0.15) is 0 Å². The predicted molar refractivity (Wildman–Crippen MR) is 48.4 cm³/mol. The smallest absolute Gasteiger partial charge is 0.213 e. The van der Waals surface area contributed by atoms with Crippen LogP contribution in [0.1, 0.15) is 18.5 Å². The van der Waals surface area contributed by atoms with E-state index in [4.69, 9.17) is 10.5 Å². The number of ether oxygens (including phenoxy) is 1. The number of hydrogen-bond donors (Lipinski definition) is 1. The van der Waals surface area contributed by atoms with Crippen molar-refractivity contribution in [3.63, 3.8) is 0 Å². The highest BCUT2D eigenvalue weighted by atomic mass is 16.5. The first-order valence-corrected chi connectivity index (χ1v) is 3.91. The van der Waals surface area contributed by atoms with Crippen molar-refractivity contribution in [3.8, 4) is 5.88 Å². The third kappa shape index (κ3) is 2.26. The summed E-state index contributed by atoms with van der Waals surface area (Å²) in [5.74, 6) is 0.391. The summed E-state index contributed by atoms with van der Waals surface area (Å²) in [5, 5.41) is 0. The molecular formula is C9H12N2O2. The molecule has 0 saturated carbocycles. The van der Waals surface area contributed by atoms with E-state index in [9.17, 15) is 4.79 Å². The van der Waals surface area contributed by atoms with Crippen LogP contribution in [0.25, 0.3) is 0 Å². The van der Waals surface area contributed by atoms with Crippen LogP contribution < -0.4 is 10.5 Å². The van der Waals surface area contributed by atoms with Crippen LogP contribution in [0.15, 0.2) is 18.3 Å². The number of nitrogens with two attached hydrogens (primary N) is 1. The lowest BCUT2D eigenvalue weighted by atomic mass is 10.1. The lowest BCUT2D eigenvalue weighted by Gasteiger charge is -2.08. The van der Waals surface area contributed by atoms with Crippen molar-refractivity contribution < 1.29 is 9.53 Å². The maximum atomic E-state index is 11.0. The van der Waals surface area contributed by atoms with Crippen LogP contribution in [0.4, 0.5) is 0 Å². The quantitative estimate of drug-likeness (QED) is 0.742. The first-order valence-electron chi connectivity index (χ1n) is 3.91. The Bertz CT molecular complexity index is 312. The van der Waals surface area contributed by atoms with Gasteiger partial charge >= 0.3 is 0 Å². The van der Waals surface area contributed by atoms with Gasteiger partial charge in [-0.2, -0.15) is 0 Å². The summed E-state index contributed by atoms with van der Waals surface area (Å²) in [6.07, 6.45) is 1.57. The number of carbonyl (C=O) groups is 1. The van der Waals surface area contributed by atoms with E-state index in [1.807, 2.05) is 0 Å². The normalized spacial score (nSPS) is 12.2. The standard InChI is InChI=1S/C9H12N2O2/c1-6(12)9(10)7-3-4-11-8(5-7)13-2/h3-5,9H,10H2,1-2H3. The van der Waals surface area contributed by atoms with E-state index in [2.05, 4.69) is 4.98 Å². The molecule has 0 radical (unpaired) electrons. The van der Waals surface area contributed by atoms with Crippen LogP contribution in [-0.2, 0) is 4.79 Å². The maximum absolute atomic E-state index is 11.0. The zero-order chi connectivity index (χ0) is 9.84. The van der Waals surface area contributed by atoms with Crippen LogP contribution in [0.2, 0.25) is 0 Å². The van der Waals surface area contributed by atoms with Gasteiger partial charge < -0.3 is 10.5 Å². The Labute approximate surface area is 76.7 Å². The second kappa shape index (κ2) is 4.00. The summed E-state index contributed by atoms with van der Waals surface area (Å²) >= 11 is 0. The topological polar surface area (TPSA) is 65.2 Å².